The number of nitrogens with two attached hydrogens (primary N) is 1. The number of rotatable bonds is 5. The van der Waals surface area contributed by atoms with E-state index in [4.69, 9.17) is 22.1 Å². The fraction of sp³-hybridized carbons (Fsp3) is 0.533. The van der Waals surface area contributed by atoms with E-state index >= 15 is 0 Å². The lowest BCUT2D eigenvalue weighted by atomic mass is 10.2. The number of hydrogen-bond acceptors (Lipinski definition) is 4. The van der Waals surface area contributed by atoms with Gasteiger partial charge in [0.05, 0.1) is 24.2 Å². The molecule has 134 valence electrons. The van der Waals surface area contributed by atoms with E-state index in [1.165, 1.54) is 6.07 Å². The first kappa shape index (κ1) is 19.0. The van der Waals surface area contributed by atoms with Gasteiger partial charge in [0.25, 0.3) is 0 Å². The van der Waals surface area contributed by atoms with Crippen LogP contribution >= 0.6 is 11.6 Å². The predicted molar refractivity (Wildman–Crippen MR) is 94.9 cm³/mol. The van der Waals surface area contributed by atoms with Crippen LogP contribution in [0.15, 0.2) is 28.1 Å². The van der Waals surface area contributed by atoms with E-state index in [1.807, 2.05) is 11.8 Å². The number of guanidine groups is 1. The summed E-state index contributed by atoms with van der Waals surface area (Å²) in [5.74, 6) is 0.409. The summed E-state index contributed by atoms with van der Waals surface area (Å²) in [5, 5.41) is 0.503. The van der Waals surface area contributed by atoms with Crippen molar-refractivity contribution in [2.75, 3.05) is 32.8 Å². The molecule has 2 rings (SSSR count). The predicted octanol–water partition coefficient (Wildman–Crippen LogP) is 0.962. The first-order valence-electron chi connectivity index (χ1n) is 7.72. The van der Waals surface area contributed by atoms with Gasteiger partial charge in [-0.25, -0.2) is 13.1 Å². The van der Waals surface area contributed by atoms with Gasteiger partial charge in [-0.15, -0.1) is 0 Å². The number of nitrogens with zero attached hydrogens (tertiary/aromatic N) is 2. The van der Waals surface area contributed by atoms with Gasteiger partial charge in [-0.2, -0.15) is 0 Å². The lowest BCUT2D eigenvalue weighted by Gasteiger charge is -2.31. The van der Waals surface area contributed by atoms with Gasteiger partial charge in [0, 0.05) is 24.7 Å². The summed E-state index contributed by atoms with van der Waals surface area (Å²) in [6.45, 7) is 6.10. The Morgan fingerprint density at radius 3 is 2.96 bits per heavy atom. The molecule has 0 saturated carbocycles. The molecule has 0 bridgehead atoms. The number of aliphatic imine (C=N–C) groups is 1. The Hall–Kier alpha value is -1.35. The molecule has 1 unspecified atom stereocenters. The van der Waals surface area contributed by atoms with Crippen LogP contribution in [0, 0.1) is 6.92 Å². The maximum absolute atomic E-state index is 12.3. The molecule has 7 nitrogen and oxygen atoms in total. The second kappa shape index (κ2) is 8.15. The molecule has 1 aromatic carbocycles. The Morgan fingerprint density at radius 1 is 1.54 bits per heavy atom. The number of halogens is 1. The van der Waals surface area contributed by atoms with Gasteiger partial charge in [0.1, 0.15) is 0 Å². The maximum Gasteiger partial charge on any atom is 0.240 e. The van der Waals surface area contributed by atoms with Crippen molar-refractivity contribution in [2.45, 2.75) is 24.8 Å². The Kier molecular flexibility index (Phi) is 6.45. The molecule has 9 heteroatoms. The summed E-state index contributed by atoms with van der Waals surface area (Å²) in [6.07, 6.45) is 0.110. The fourth-order valence-corrected chi connectivity index (χ4v) is 3.94. The zero-order valence-corrected chi connectivity index (χ0v) is 15.4. The molecule has 1 aliphatic rings. The molecule has 0 radical (unpaired) electrons. The van der Waals surface area contributed by atoms with E-state index in [9.17, 15) is 8.42 Å². The number of benzene rings is 1. The number of nitrogens with one attached hydrogen (secondary N) is 1. The van der Waals surface area contributed by atoms with Crippen molar-refractivity contribution in [1.29, 1.82) is 0 Å². The summed E-state index contributed by atoms with van der Waals surface area (Å²) in [5.41, 5.74) is 6.54. The second-order valence-corrected chi connectivity index (χ2v) is 7.85. The number of hydrogen-bond donors (Lipinski definition) is 2. The number of morpholine rings is 1. The quantitative estimate of drug-likeness (QED) is 0.454. The molecular weight excluding hydrogens is 352 g/mol. The van der Waals surface area contributed by atoms with Gasteiger partial charge >= 0.3 is 0 Å². The van der Waals surface area contributed by atoms with Crippen molar-refractivity contribution in [3.63, 3.8) is 0 Å². The van der Waals surface area contributed by atoms with E-state index < -0.39 is 10.0 Å². The normalized spacial score (nSPS) is 19.5. The third-order valence-corrected chi connectivity index (χ3v) is 5.53. The largest absolute Gasteiger partial charge is 0.375 e. The van der Waals surface area contributed by atoms with Crippen molar-refractivity contribution in [2.24, 2.45) is 10.7 Å². The van der Waals surface area contributed by atoms with Gasteiger partial charge < -0.3 is 15.4 Å². The van der Waals surface area contributed by atoms with Crippen LogP contribution in [-0.4, -0.2) is 58.2 Å². The first-order chi connectivity index (χ1) is 11.3. The lowest BCUT2D eigenvalue weighted by Crippen LogP contribution is -2.48. The smallest absolute Gasteiger partial charge is 0.240 e. The number of ether oxygens (including phenoxy) is 1. The minimum Gasteiger partial charge on any atom is -0.375 e. The summed E-state index contributed by atoms with van der Waals surface area (Å²) in [6, 6.07) is 4.66. The highest BCUT2D eigenvalue weighted by Gasteiger charge is 2.18. The summed E-state index contributed by atoms with van der Waals surface area (Å²) in [4.78, 5) is 6.38. The summed E-state index contributed by atoms with van der Waals surface area (Å²) < 4.78 is 32.6. The summed E-state index contributed by atoms with van der Waals surface area (Å²) in [7, 11) is -3.59. The molecule has 0 aromatic heterocycles. The molecule has 1 fully saturated rings. The third-order valence-electron chi connectivity index (χ3n) is 3.67. The second-order valence-electron chi connectivity index (χ2n) is 5.67. The SMILES string of the molecule is Cc1cc(Cl)ccc1S(=O)(=O)NCCN=C(N)N1CCOC(C)C1. The van der Waals surface area contributed by atoms with Crippen LogP contribution in [0.1, 0.15) is 12.5 Å². The number of sulfonamides is 1. The van der Waals surface area contributed by atoms with Crippen molar-refractivity contribution in [1.82, 2.24) is 9.62 Å². The van der Waals surface area contributed by atoms with E-state index in [2.05, 4.69) is 9.71 Å². The highest BCUT2D eigenvalue weighted by molar-refractivity contribution is 7.89. The molecule has 1 saturated heterocycles. The molecule has 0 aliphatic carbocycles. The van der Waals surface area contributed by atoms with E-state index in [-0.39, 0.29) is 24.1 Å². The van der Waals surface area contributed by atoms with Crippen LogP contribution in [0.4, 0.5) is 0 Å². The number of aryl methyl sites for hydroxylation is 1. The molecular formula is C15H23ClN4O3S. The third kappa shape index (κ3) is 5.07. The summed E-state index contributed by atoms with van der Waals surface area (Å²) >= 11 is 5.85. The minimum absolute atomic E-state index is 0.110. The standard InChI is InChI=1S/C15H23ClN4O3S/c1-11-9-13(16)3-4-14(11)24(21,22)19-6-5-18-15(17)20-7-8-23-12(2)10-20/h3-4,9,12,19H,5-8,10H2,1-2H3,(H2,17,18). The van der Waals surface area contributed by atoms with E-state index in [1.54, 1.807) is 19.1 Å². The van der Waals surface area contributed by atoms with Crippen molar-refractivity contribution in [3.05, 3.63) is 28.8 Å². The molecule has 1 atom stereocenters. The van der Waals surface area contributed by atoms with Crippen molar-refractivity contribution < 1.29 is 13.2 Å². The van der Waals surface area contributed by atoms with Crippen LogP contribution in [0.5, 0.6) is 0 Å². The zero-order valence-electron chi connectivity index (χ0n) is 13.8. The topological polar surface area (TPSA) is 97.0 Å². The minimum atomic E-state index is -3.59. The first-order valence-corrected chi connectivity index (χ1v) is 9.58. The Labute approximate surface area is 147 Å². The van der Waals surface area contributed by atoms with Crippen LogP contribution in [-0.2, 0) is 14.8 Å². The molecule has 3 N–H and O–H groups in total. The highest BCUT2D eigenvalue weighted by Crippen LogP contribution is 2.19. The maximum atomic E-state index is 12.3. The van der Waals surface area contributed by atoms with Gasteiger partial charge in [-0.1, -0.05) is 11.6 Å². The van der Waals surface area contributed by atoms with Crippen molar-refractivity contribution >= 4 is 27.6 Å². The monoisotopic (exact) mass is 374 g/mol. The fourth-order valence-electron chi connectivity index (χ4n) is 2.47. The van der Waals surface area contributed by atoms with Crippen LogP contribution < -0.4 is 10.5 Å². The van der Waals surface area contributed by atoms with Crippen LogP contribution in [0.3, 0.4) is 0 Å². The van der Waals surface area contributed by atoms with E-state index in [0.717, 1.165) is 0 Å². The molecule has 1 aliphatic heterocycles. The molecule has 24 heavy (non-hydrogen) atoms. The Morgan fingerprint density at radius 2 is 2.29 bits per heavy atom. The van der Waals surface area contributed by atoms with Gasteiger partial charge in [0.2, 0.25) is 10.0 Å². The average Bonchev–Trinajstić information content (AvgIpc) is 2.51. The Balaban J connectivity index is 1.89. The zero-order chi connectivity index (χ0) is 17.7. The van der Waals surface area contributed by atoms with Crippen LogP contribution in [0.25, 0.3) is 0 Å². The average molecular weight is 375 g/mol. The van der Waals surface area contributed by atoms with Gasteiger partial charge in [-0.3, -0.25) is 4.99 Å². The lowest BCUT2D eigenvalue weighted by molar-refractivity contribution is 0.00530. The van der Waals surface area contributed by atoms with Crippen LogP contribution in [0.2, 0.25) is 5.02 Å². The molecule has 1 aromatic rings. The van der Waals surface area contributed by atoms with Gasteiger partial charge in [0.15, 0.2) is 5.96 Å². The molecule has 0 amide bonds. The van der Waals surface area contributed by atoms with Crippen molar-refractivity contribution in [3.8, 4) is 0 Å². The molecule has 1 heterocycles. The highest BCUT2D eigenvalue weighted by atomic mass is 35.5. The van der Waals surface area contributed by atoms with Gasteiger partial charge in [-0.05, 0) is 37.6 Å². The molecule has 0 spiro atoms. The Bertz CT molecular complexity index is 709. The van der Waals surface area contributed by atoms with E-state index in [0.29, 0.717) is 36.2 Å².